The van der Waals surface area contributed by atoms with Crippen molar-refractivity contribution in [1.29, 1.82) is 0 Å². The predicted molar refractivity (Wildman–Crippen MR) is 146 cm³/mol. The van der Waals surface area contributed by atoms with Crippen LogP contribution in [0.2, 0.25) is 0 Å². The standard InChI is InChI=1S/C26H33N5O4S2/c1-17-6-8-20(9-7-17)37(33,34)31-13-11-22-23(31)27-14-19(29-22)15-28-24(36)21-16-30(12-10-18(21)2)25(32)35-26(3,4)5/h6-9,11,13-14,18,21H,10,12,15-16H2,1-5H3,(H,28,36). The Bertz CT molecular complexity index is 1410. The molecule has 3 heterocycles. The zero-order valence-electron chi connectivity index (χ0n) is 21.8. The van der Waals surface area contributed by atoms with E-state index < -0.39 is 15.6 Å². The van der Waals surface area contributed by atoms with Crippen molar-refractivity contribution in [2.75, 3.05) is 13.1 Å². The van der Waals surface area contributed by atoms with Crippen molar-refractivity contribution in [3.05, 3.63) is 54.0 Å². The fourth-order valence-corrected chi connectivity index (χ4v) is 5.92. The van der Waals surface area contributed by atoms with Gasteiger partial charge >= 0.3 is 6.09 Å². The lowest BCUT2D eigenvalue weighted by molar-refractivity contribution is 0.0157. The van der Waals surface area contributed by atoms with E-state index >= 15 is 0 Å². The number of amides is 1. The largest absolute Gasteiger partial charge is 0.444 e. The molecule has 2 unspecified atom stereocenters. The molecule has 1 aliphatic heterocycles. The van der Waals surface area contributed by atoms with Gasteiger partial charge in [0.1, 0.15) is 11.1 Å². The van der Waals surface area contributed by atoms with Crippen molar-refractivity contribution >= 4 is 44.5 Å². The molecular weight excluding hydrogens is 510 g/mol. The lowest BCUT2D eigenvalue weighted by Crippen LogP contribution is -2.49. The van der Waals surface area contributed by atoms with Crippen molar-refractivity contribution < 1.29 is 17.9 Å². The van der Waals surface area contributed by atoms with Crippen LogP contribution >= 0.6 is 12.2 Å². The Morgan fingerprint density at radius 1 is 1.22 bits per heavy atom. The highest BCUT2D eigenvalue weighted by Gasteiger charge is 2.33. The van der Waals surface area contributed by atoms with Gasteiger partial charge in [-0.1, -0.05) is 36.8 Å². The second-order valence-electron chi connectivity index (χ2n) is 10.5. The van der Waals surface area contributed by atoms with Gasteiger partial charge in [-0.2, -0.15) is 0 Å². The van der Waals surface area contributed by atoms with Crippen molar-refractivity contribution in [3.8, 4) is 0 Å². The fourth-order valence-electron chi connectivity index (χ4n) is 4.24. The molecule has 1 aliphatic rings. The van der Waals surface area contributed by atoms with Gasteiger partial charge < -0.3 is 15.0 Å². The number of hydrogen-bond donors (Lipinski definition) is 1. The van der Waals surface area contributed by atoms with Crippen LogP contribution in [0.25, 0.3) is 11.2 Å². The van der Waals surface area contributed by atoms with Crippen LogP contribution in [0.1, 0.15) is 45.4 Å². The van der Waals surface area contributed by atoms with E-state index in [1.54, 1.807) is 41.4 Å². The molecule has 198 valence electrons. The van der Waals surface area contributed by atoms with Crippen LogP contribution in [-0.4, -0.2) is 57.0 Å². The normalized spacial score (nSPS) is 18.6. The lowest BCUT2D eigenvalue weighted by atomic mass is 9.87. The number of carbonyl (C=O) groups excluding carboxylic acids is 1. The number of piperidine rings is 1. The first-order valence-corrected chi connectivity index (χ1v) is 14.1. The number of thiocarbonyl (C=S) groups is 1. The molecule has 11 heteroatoms. The predicted octanol–water partition coefficient (Wildman–Crippen LogP) is 4.29. The summed E-state index contributed by atoms with van der Waals surface area (Å²) in [6.07, 6.45) is 3.53. The monoisotopic (exact) mass is 543 g/mol. The number of fused-ring (bicyclic) bond motifs is 1. The maximum atomic E-state index is 13.1. The van der Waals surface area contributed by atoms with Crippen molar-refractivity contribution in [2.24, 2.45) is 11.8 Å². The van der Waals surface area contributed by atoms with E-state index in [0.717, 1.165) is 16.0 Å². The number of nitrogens with one attached hydrogen (secondary N) is 1. The Morgan fingerprint density at radius 2 is 1.92 bits per heavy atom. The fraction of sp³-hybridized carbons (Fsp3) is 0.462. The van der Waals surface area contributed by atoms with Gasteiger partial charge in [0.05, 0.1) is 28.3 Å². The molecule has 2 aromatic heterocycles. The van der Waals surface area contributed by atoms with Crippen LogP contribution < -0.4 is 5.32 Å². The van der Waals surface area contributed by atoms with Gasteiger partial charge in [0.25, 0.3) is 10.0 Å². The summed E-state index contributed by atoms with van der Waals surface area (Å²) in [5.74, 6) is 0.307. The molecule has 1 saturated heterocycles. The number of likely N-dealkylation sites (tertiary alicyclic amines) is 1. The summed E-state index contributed by atoms with van der Waals surface area (Å²) in [5, 5.41) is 3.26. The highest BCUT2D eigenvalue weighted by atomic mass is 32.2. The third-order valence-electron chi connectivity index (χ3n) is 6.37. The minimum absolute atomic E-state index is 0.00584. The number of nitrogens with zero attached hydrogens (tertiary/aromatic N) is 4. The van der Waals surface area contributed by atoms with Gasteiger partial charge in [0.15, 0.2) is 5.65 Å². The average Bonchev–Trinajstić information content (AvgIpc) is 3.26. The quantitative estimate of drug-likeness (QED) is 0.475. The smallest absolute Gasteiger partial charge is 0.410 e. The summed E-state index contributed by atoms with van der Waals surface area (Å²) >= 11 is 5.69. The molecule has 1 fully saturated rings. The summed E-state index contributed by atoms with van der Waals surface area (Å²) in [6, 6.07) is 8.32. The second kappa shape index (κ2) is 10.4. The van der Waals surface area contributed by atoms with E-state index in [1.165, 1.54) is 6.20 Å². The maximum Gasteiger partial charge on any atom is 0.410 e. The Hall–Kier alpha value is -3.05. The average molecular weight is 544 g/mol. The zero-order valence-corrected chi connectivity index (χ0v) is 23.4. The number of ether oxygens (including phenoxy) is 1. The summed E-state index contributed by atoms with van der Waals surface area (Å²) in [4.78, 5) is 24.1. The first-order valence-electron chi connectivity index (χ1n) is 12.3. The molecule has 0 bridgehead atoms. The van der Waals surface area contributed by atoms with E-state index in [9.17, 15) is 13.2 Å². The van der Waals surface area contributed by atoms with Gasteiger partial charge in [-0.25, -0.2) is 27.2 Å². The van der Waals surface area contributed by atoms with Gasteiger partial charge in [-0.3, -0.25) is 0 Å². The number of carbonyl (C=O) groups is 1. The highest BCUT2D eigenvalue weighted by molar-refractivity contribution is 7.90. The minimum Gasteiger partial charge on any atom is -0.444 e. The molecule has 2 atom stereocenters. The van der Waals surface area contributed by atoms with E-state index in [4.69, 9.17) is 17.0 Å². The van der Waals surface area contributed by atoms with E-state index in [2.05, 4.69) is 22.2 Å². The molecule has 0 spiro atoms. The number of rotatable bonds is 5. The first-order chi connectivity index (χ1) is 17.3. The highest BCUT2D eigenvalue weighted by Crippen LogP contribution is 2.26. The zero-order chi connectivity index (χ0) is 27.0. The molecule has 0 radical (unpaired) electrons. The third-order valence-corrected chi connectivity index (χ3v) is 8.50. The molecular formula is C26H33N5O4S2. The molecule has 9 nitrogen and oxygen atoms in total. The summed E-state index contributed by atoms with van der Waals surface area (Å²) < 4.78 is 32.9. The van der Waals surface area contributed by atoms with Crippen LogP contribution in [0.5, 0.6) is 0 Å². The number of benzene rings is 1. The van der Waals surface area contributed by atoms with Gasteiger partial charge in [-0.05, 0) is 58.2 Å². The van der Waals surface area contributed by atoms with Crippen molar-refractivity contribution in [3.63, 3.8) is 0 Å². The molecule has 0 aliphatic carbocycles. The molecule has 4 rings (SSSR count). The van der Waals surface area contributed by atoms with Crippen molar-refractivity contribution in [2.45, 2.75) is 58.1 Å². The van der Waals surface area contributed by atoms with E-state index in [0.29, 0.717) is 41.8 Å². The van der Waals surface area contributed by atoms with Gasteiger partial charge in [0.2, 0.25) is 0 Å². The molecule has 1 amide bonds. The summed E-state index contributed by atoms with van der Waals surface area (Å²) in [6.45, 7) is 11.1. The maximum absolute atomic E-state index is 13.1. The molecule has 1 aromatic carbocycles. The molecule has 0 saturated carbocycles. The Kier molecular flexibility index (Phi) is 7.57. The molecule has 3 aromatic rings. The lowest BCUT2D eigenvalue weighted by Gasteiger charge is -2.38. The van der Waals surface area contributed by atoms with Gasteiger partial charge in [0, 0.05) is 25.2 Å². The van der Waals surface area contributed by atoms with Crippen LogP contribution in [0.15, 0.2) is 47.6 Å². The SMILES string of the molecule is Cc1ccc(S(=O)(=O)n2ccc3nc(CNC(=S)C4CN(C(=O)OC(C)(C)C)CCC4C)cnc32)cc1. The molecule has 37 heavy (non-hydrogen) atoms. The van der Waals surface area contributed by atoms with Crippen LogP contribution in [-0.2, 0) is 21.3 Å². The Labute approximate surface area is 223 Å². The molecule has 1 N–H and O–H groups in total. The Balaban J connectivity index is 1.44. The Morgan fingerprint density at radius 3 is 2.59 bits per heavy atom. The number of hydrogen-bond acceptors (Lipinski definition) is 7. The third kappa shape index (κ3) is 6.10. The first kappa shape index (κ1) is 27.0. The number of aromatic nitrogens is 3. The van der Waals surface area contributed by atoms with Crippen molar-refractivity contribution in [1.82, 2.24) is 24.2 Å². The second-order valence-corrected chi connectivity index (χ2v) is 12.8. The van der Waals surface area contributed by atoms with Crippen LogP contribution in [0.4, 0.5) is 4.79 Å². The van der Waals surface area contributed by atoms with Crippen LogP contribution in [0, 0.1) is 18.8 Å². The van der Waals surface area contributed by atoms with E-state index in [-0.39, 0.29) is 22.6 Å². The minimum atomic E-state index is -3.79. The summed E-state index contributed by atoms with van der Waals surface area (Å²) in [7, 11) is -3.79. The number of aryl methyl sites for hydroxylation is 1. The van der Waals surface area contributed by atoms with Gasteiger partial charge in [-0.15, -0.1) is 0 Å². The topological polar surface area (TPSA) is 106 Å². The van der Waals surface area contributed by atoms with E-state index in [1.807, 2.05) is 27.7 Å². The van der Waals surface area contributed by atoms with Crippen LogP contribution in [0.3, 0.4) is 0 Å². The summed E-state index contributed by atoms with van der Waals surface area (Å²) in [5.41, 5.74) is 1.80.